The van der Waals surface area contributed by atoms with E-state index in [1.807, 2.05) is 0 Å². The van der Waals surface area contributed by atoms with Crippen LogP contribution in [0.15, 0.2) is 18.2 Å². The Bertz CT molecular complexity index is 362. The molecule has 0 aliphatic carbocycles. The molecule has 0 heterocycles. The predicted octanol–water partition coefficient (Wildman–Crippen LogP) is 2.79. The summed E-state index contributed by atoms with van der Waals surface area (Å²) in [6.07, 6.45) is -4.43. The molecule has 2 N–H and O–H groups in total. The molecule has 0 aliphatic heterocycles. The Morgan fingerprint density at radius 1 is 1.38 bits per heavy atom. The smallest absolute Gasteiger partial charge is 0.422 e. The molecule has 0 radical (unpaired) electrons. The first kappa shape index (κ1) is 12.8. The van der Waals surface area contributed by atoms with Crippen molar-refractivity contribution in [1.29, 1.82) is 0 Å². The third kappa shape index (κ3) is 3.69. The van der Waals surface area contributed by atoms with Crippen molar-refractivity contribution in [2.75, 3.05) is 6.61 Å². The molecule has 16 heavy (non-hydrogen) atoms. The van der Waals surface area contributed by atoms with Crippen LogP contribution in [0.5, 0.6) is 5.75 Å². The minimum atomic E-state index is -4.43. The van der Waals surface area contributed by atoms with Crippen molar-refractivity contribution in [3.63, 3.8) is 0 Å². The van der Waals surface area contributed by atoms with Crippen LogP contribution in [-0.2, 0) is 0 Å². The van der Waals surface area contributed by atoms with Crippen molar-refractivity contribution in [2.24, 2.45) is 5.73 Å². The second kappa shape index (κ2) is 4.69. The van der Waals surface area contributed by atoms with Crippen molar-refractivity contribution in [3.8, 4) is 5.75 Å². The topological polar surface area (TPSA) is 35.2 Å². The van der Waals surface area contributed by atoms with Gasteiger partial charge in [-0.05, 0) is 25.1 Å². The largest absolute Gasteiger partial charge is 0.484 e. The van der Waals surface area contributed by atoms with Crippen LogP contribution >= 0.6 is 0 Å². The Kier molecular flexibility index (Phi) is 3.74. The van der Waals surface area contributed by atoms with Crippen molar-refractivity contribution < 1.29 is 22.3 Å². The lowest BCUT2D eigenvalue weighted by molar-refractivity contribution is -0.153. The summed E-state index contributed by atoms with van der Waals surface area (Å²) in [4.78, 5) is 0. The Morgan fingerprint density at radius 3 is 2.50 bits per heavy atom. The molecule has 1 aromatic rings. The van der Waals surface area contributed by atoms with Crippen LogP contribution in [-0.4, -0.2) is 12.8 Å². The van der Waals surface area contributed by atoms with Gasteiger partial charge in [0.15, 0.2) is 6.61 Å². The molecule has 1 atom stereocenters. The van der Waals surface area contributed by atoms with Crippen molar-refractivity contribution >= 4 is 0 Å². The van der Waals surface area contributed by atoms with Crippen LogP contribution in [0.1, 0.15) is 18.5 Å². The highest BCUT2D eigenvalue weighted by molar-refractivity contribution is 5.36. The lowest BCUT2D eigenvalue weighted by Gasteiger charge is -2.15. The average molecular weight is 237 g/mol. The Hall–Kier alpha value is -1.30. The first-order valence-electron chi connectivity index (χ1n) is 4.54. The van der Waals surface area contributed by atoms with Gasteiger partial charge in [0.25, 0.3) is 0 Å². The molecule has 0 saturated carbocycles. The Labute approximate surface area is 90.0 Å². The van der Waals surface area contributed by atoms with E-state index < -0.39 is 24.6 Å². The van der Waals surface area contributed by atoms with Gasteiger partial charge in [0.1, 0.15) is 11.6 Å². The summed E-state index contributed by atoms with van der Waals surface area (Å²) in [5.41, 5.74) is 5.71. The number of alkyl halides is 3. The zero-order chi connectivity index (χ0) is 12.3. The van der Waals surface area contributed by atoms with Crippen molar-refractivity contribution in [1.82, 2.24) is 0 Å². The number of benzene rings is 1. The summed E-state index contributed by atoms with van der Waals surface area (Å²) in [7, 11) is 0. The van der Waals surface area contributed by atoms with E-state index in [0.29, 0.717) is 0 Å². The van der Waals surface area contributed by atoms with Gasteiger partial charge in [-0.3, -0.25) is 0 Å². The molecule has 0 spiro atoms. The number of rotatable bonds is 3. The molecule has 0 saturated heterocycles. The second-order valence-corrected chi connectivity index (χ2v) is 3.37. The second-order valence-electron chi connectivity index (χ2n) is 3.37. The SMILES string of the molecule is C[C@H](N)c1cc(F)ccc1OCC(F)(F)F. The lowest BCUT2D eigenvalue weighted by atomic mass is 10.1. The summed E-state index contributed by atoms with van der Waals surface area (Å²) in [5.74, 6) is -0.611. The molecular formula is C10H11F4NO. The van der Waals surface area contributed by atoms with Gasteiger partial charge in [-0.1, -0.05) is 0 Å². The highest BCUT2D eigenvalue weighted by Gasteiger charge is 2.29. The first-order valence-corrected chi connectivity index (χ1v) is 4.54. The molecule has 0 unspecified atom stereocenters. The molecule has 2 nitrogen and oxygen atoms in total. The molecule has 0 amide bonds. The van der Waals surface area contributed by atoms with E-state index in [4.69, 9.17) is 5.73 Å². The first-order chi connectivity index (χ1) is 7.29. The maximum absolute atomic E-state index is 12.8. The fourth-order valence-corrected chi connectivity index (χ4v) is 1.17. The lowest BCUT2D eigenvalue weighted by Crippen LogP contribution is -2.20. The predicted molar refractivity (Wildman–Crippen MR) is 50.6 cm³/mol. The molecule has 0 fully saturated rings. The number of nitrogens with two attached hydrogens (primary N) is 1. The maximum Gasteiger partial charge on any atom is 0.422 e. The number of hydrogen-bond donors (Lipinski definition) is 1. The van der Waals surface area contributed by atoms with Gasteiger partial charge in [-0.15, -0.1) is 0 Å². The average Bonchev–Trinajstić information content (AvgIpc) is 2.14. The van der Waals surface area contributed by atoms with E-state index in [9.17, 15) is 17.6 Å². The van der Waals surface area contributed by atoms with Gasteiger partial charge in [0.2, 0.25) is 0 Å². The zero-order valence-corrected chi connectivity index (χ0v) is 8.51. The monoisotopic (exact) mass is 237 g/mol. The number of ether oxygens (including phenoxy) is 1. The summed E-state index contributed by atoms with van der Waals surface area (Å²) < 4.78 is 53.2. The van der Waals surface area contributed by atoms with Gasteiger partial charge in [-0.2, -0.15) is 13.2 Å². The highest BCUT2D eigenvalue weighted by atomic mass is 19.4. The van der Waals surface area contributed by atoms with Crippen LogP contribution in [0.2, 0.25) is 0 Å². The van der Waals surface area contributed by atoms with Gasteiger partial charge in [-0.25, -0.2) is 4.39 Å². The van der Waals surface area contributed by atoms with E-state index in [2.05, 4.69) is 4.74 Å². The molecule has 6 heteroatoms. The van der Waals surface area contributed by atoms with Gasteiger partial charge in [0.05, 0.1) is 0 Å². The van der Waals surface area contributed by atoms with E-state index >= 15 is 0 Å². The summed E-state index contributed by atoms with van der Waals surface area (Å²) in [6.45, 7) is 0.119. The minimum Gasteiger partial charge on any atom is -0.484 e. The third-order valence-corrected chi connectivity index (χ3v) is 1.85. The molecular weight excluding hydrogens is 226 g/mol. The Balaban J connectivity index is 2.87. The molecule has 90 valence electrons. The summed E-state index contributed by atoms with van der Waals surface area (Å²) in [5, 5.41) is 0. The van der Waals surface area contributed by atoms with Crippen molar-refractivity contribution in [2.45, 2.75) is 19.1 Å². The standard InChI is InChI=1S/C10H11F4NO/c1-6(15)8-4-7(11)2-3-9(8)16-5-10(12,13)14/h2-4,6H,5,15H2,1H3/t6-/m0/s1. The van der Waals surface area contributed by atoms with E-state index in [1.54, 1.807) is 0 Å². The maximum atomic E-state index is 12.8. The van der Waals surface area contributed by atoms with Crippen LogP contribution < -0.4 is 10.5 Å². The van der Waals surface area contributed by atoms with Crippen LogP contribution in [0, 0.1) is 5.82 Å². The molecule has 0 aromatic heterocycles. The van der Waals surface area contributed by atoms with Crippen LogP contribution in [0.4, 0.5) is 17.6 Å². The van der Waals surface area contributed by atoms with E-state index in [-0.39, 0.29) is 11.3 Å². The summed E-state index contributed by atoms with van der Waals surface area (Å²) in [6, 6.07) is 2.63. The quantitative estimate of drug-likeness (QED) is 0.820. The van der Waals surface area contributed by atoms with Gasteiger partial charge >= 0.3 is 6.18 Å². The number of halogens is 4. The molecule has 1 aromatic carbocycles. The molecule has 0 bridgehead atoms. The normalized spacial score (nSPS) is 13.6. The van der Waals surface area contributed by atoms with E-state index in [0.717, 1.165) is 18.2 Å². The zero-order valence-electron chi connectivity index (χ0n) is 8.51. The summed E-state index contributed by atoms with van der Waals surface area (Å²) >= 11 is 0. The van der Waals surface area contributed by atoms with Gasteiger partial charge in [0, 0.05) is 11.6 Å². The van der Waals surface area contributed by atoms with Gasteiger partial charge < -0.3 is 10.5 Å². The Morgan fingerprint density at radius 2 is 2.00 bits per heavy atom. The van der Waals surface area contributed by atoms with Crippen LogP contribution in [0.3, 0.4) is 0 Å². The molecule has 0 aliphatic rings. The fourth-order valence-electron chi connectivity index (χ4n) is 1.17. The highest BCUT2D eigenvalue weighted by Crippen LogP contribution is 2.26. The van der Waals surface area contributed by atoms with E-state index in [1.165, 1.54) is 6.92 Å². The number of hydrogen-bond acceptors (Lipinski definition) is 2. The van der Waals surface area contributed by atoms with Crippen molar-refractivity contribution in [3.05, 3.63) is 29.6 Å². The fraction of sp³-hybridized carbons (Fsp3) is 0.400. The minimum absolute atomic E-state index is 0.0475. The van der Waals surface area contributed by atoms with Crippen LogP contribution in [0.25, 0.3) is 0 Å². The molecule has 1 rings (SSSR count). The third-order valence-electron chi connectivity index (χ3n) is 1.85.